The van der Waals surface area contributed by atoms with E-state index in [1.54, 1.807) is 0 Å². The van der Waals surface area contributed by atoms with E-state index < -0.39 is 0 Å². The molecule has 86 valence electrons. The smallest absolute Gasteiger partial charge is 0.0738 e. The van der Waals surface area contributed by atoms with Crippen molar-refractivity contribution in [3.8, 4) is 0 Å². The lowest BCUT2D eigenvalue weighted by atomic mass is 9.43. The van der Waals surface area contributed by atoms with Gasteiger partial charge in [0.15, 0.2) is 0 Å². The average molecular weight is 209 g/mol. The van der Waals surface area contributed by atoms with E-state index >= 15 is 0 Å². The Morgan fingerprint density at radius 1 is 1.20 bits per heavy atom. The van der Waals surface area contributed by atoms with Crippen LogP contribution in [-0.4, -0.2) is 6.61 Å². The lowest BCUT2D eigenvalue weighted by Gasteiger charge is -2.62. The Hall–Kier alpha value is -0.0800. The van der Waals surface area contributed by atoms with Gasteiger partial charge in [-0.05, 0) is 60.7 Å². The predicted octanol–water partition coefficient (Wildman–Crippen LogP) is 2.73. The first-order chi connectivity index (χ1) is 7.10. The second kappa shape index (κ2) is 2.98. The molecule has 4 fully saturated rings. The summed E-state index contributed by atoms with van der Waals surface area (Å²) in [5.41, 5.74) is 1.09. The average Bonchev–Trinajstić information content (AvgIpc) is 2.99. The lowest BCUT2D eigenvalue weighted by molar-refractivity contribution is -0.135. The van der Waals surface area contributed by atoms with Crippen molar-refractivity contribution in [1.29, 1.82) is 0 Å². The third-order valence-corrected chi connectivity index (χ3v) is 5.91. The van der Waals surface area contributed by atoms with E-state index in [2.05, 4.69) is 13.8 Å². The third kappa shape index (κ3) is 1.24. The summed E-state index contributed by atoms with van der Waals surface area (Å²) in [6.45, 7) is 5.74. The normalized spacial score (nSPS) is 44.6. The number of rotatable bonds is 3. The molecule has 2 nitrogen and oxygen atoms in total. The van der Waals surface area contributed by atoms with Gasteiger partial charge in [-0.25, -0.2) is 5.90 Å². The molecule has 0 heterocycles. The molecule has 2 bridgehead atoms. The SMILES string of the molecule is CC1(C)C2CCC(C3(CON)CC3)C1C2. The van der Waals surface area contributed by atoms with E-state index in [4.69, 9.17) is 10.7 Å². The quantitative estimate of drug-likeness (QED) is 0.725. The minimum atomic E-state index is 0.488. The summed E-state index contributed by atoms with van der Waals surface area (Å²) in [5, 5.41) is 0. The Bertz CT molecular complexity index is 268. The van der Waals surface area contributed by atoms with Crippen molar-refractivity contribution < 1.29 is 4.84 Å². The van der Waals surface area contributed by atoms with Crippen molar-refractivity contribution in [3.05, 3.63) is 0 Å². The molecule has 2 heteroatoms. The highest BCUT2D eigenvalue weighted by Crippen LogP contribution is 2.69. The fourth-order valence-electron chi connectivity index (χ4n) is 4.49. The molecule has 0 saturated heterocycles. The van der Waals surface area contributed by atoms with E-state index in [1.165, 1.54) is 32.1 Å². The first-order valence-corrected chi connectivity index (χ1v) is 6.42. The van der Waals surface area contributed by atoms with Crippen LogP contribution < -0.4 is 5.90 Å². The number of hydrogen-bond acceptors (Lipinski definition) is 2. The van der Waals surface area contributed by atoms with Crippen molar-refractivity contribution in [2.45, 2.75) is 46.0 Å². The van der Waals surface area contributed by atoms with Crippen LogP contribution in [0, 0.1) is 28.6 Å². The van der Waals surface area contributed by atoms with Gasteiger partial charge in [-0.2, -0.15) is 0 Å². The van der Waals surface area contributed by atoms with Crippen LogP contribution in [0.15, 0.2) is 0 Å². The van der Waals surface area contributed by atoms with E-state index in [0.29, 0.717) is 10.8 Å². The molecule has 3 atom stereocenters. The van der Waals surface area contributed by atoms with Crippen LogP contribution in [-0.2, 0) is 4.84 Å². The van der Waals surface area contributed by atoms with Gasteiger partial charge >= 0.3 is 0 Å². The minimum Gasteiger partial charge on any atom is -0.304 e. The summed E-state index contributed by atoms with van der Waals surface area (Å²) in [7, 11) is 0. The zero-order chi connectivity index (χ0) is 10.7. The Morgan fingerprint density at radius 2 is 1.93 bits per heavy atom. The van der Waals surface area contributed by atoms with Crippen molar-refractivity contribution in [3.63, 3.8) is 0 Å². The molecule has 0 aliphatic heterocycles. The fraction of sp³-hybridized carbons (Fsp3) is 1.00. The van der Waals surface area contributed by atoms with Crippen LogP contribution in [0.2, 0.25) is 0 Å². The largest absolute Gasteiger partial charge is 0.304 e. The maximum atomic E-state index is 5.29. The van der Waals surface area contributed by atoms with Gasteiger partial charge in [-0.3, -0.25) is 0 Å². The standard InChI is InChI=1S/C13H23NO/c1-12(2)9-3-4-10(11(12)7-9)13(5-6-13)8-15-14/h9-11H,3-8,14H2,1-2H3. The highest BCUT2D eigenvalue weighted by Gasteiger charge is 2.62. The molecule has 4 saturated carbocycles. The Balaban J connectivity index is 1.77. The maximum absolute atomic E-state index is 5.29. The molecule has 3 unspecified atom stereocenters. The summed E-state index contributed by atoms with van der Waals surface area (Å²) < 4.78 is 0. The number of fused-ring (bicyclic) bond motifs is 2. The van der Waals surface area contributed by atoms with Gasteiger partial charge in [-0.1, -0.05) is 13.8 Å². The van der Waals surface area contributed by atoms with E-state index in [0.717, 1.165) is 24.4 Å². The molecule has 4 aliphatic carbocycles. The van der Waals surface area contributed by atoms with Gasteiger partial charge in [0, 0.05) is 0 Å². The monoisotopic (exact) mass is 209 g/mol. The first-order valence-electron chi connectivity index (χ1n) is 6.42. The Kier molecular flexibility index (Phi) is 2.01. The van der Waals surface area contributed by atoms with E-state index in [-0.39, 0.29) is 0 Å². The molecule has 4 aliphatic rings. The molecule has 4 rings (SSSR count). The summed E-state index contributed by atoms with van der Waals surface area (Å²) in [6, 6.07) is 0. The Morgan fingerprint density at radius 3 is 2.40 bits per heavy atom. The molecular weight excluding hydrogens is 186 g/mol. The summed E-state index contributed by atoms with van der Waals surface area (Å²) >= 11 is 0. The summed E-state index contributed by atoms with van der Waals surface area (Å²) in [4.78, 5) is 4.96. The van der Waals surface area contributed by atoms with Gasteiger partial charge in [0.05, 0.1) is 6.61 Å². The topological polar surface area (TPSA) is 35.2 Å². The second-order valence-corrected chi connectivity index (χ2v) is 6.72. The second-order valence-electron chi connectivity index (χ2n) is 6.72. The number of hydrogen-bond donors (Lipinski definition) is 1. The molecular formula is C13H23NO. The van der Waals surface area contributed by atoms with Crippen LogP contribution >= 0.6 is 0 Å². The van der Waals surface area contributed by atoms with Gasteiger partial charge in [0.1, 0.15) is 0 Å². The van der Waals surface area contributed by atoms with Gasteiger partial charge in [0.2, 0.25) is 0 Å². The third-order valence-electron chi connectivity index (χ3n) is 5.91. The number of nitrogens with two attached hydrogens (primary N) is 1. The van der Waals surface area contributed by atoms with Crippen molar-refractivity contribution >= 4 is 0 Å². The zero-order valence-corrected chi connectivity index (χ0v) is 9.96. The molecule has 0 spiro atoms. The fourth-order valence-corrected chi connectivity index (χ4v) is 4.49. The lowest BCUT2D eigenvalue weighted by Crippen LogP contribution is -2.55. The first kappa shape index (κ1) is 10.1. The molecule has 0 aromatic rings. The molecule has 0 radical (unpaired) electrons. The molecule has 0 amide bonds. The van der Waals surface area contributed by atoms with Crippen molar-refractivity contribution in [2.75, 3.05) is 6.61 Å². The summed E-state index contributed by atoms with van der Waals surface area (Å²) in [5.74, 6) is 8.15. The minimum absolute atomic E-state index is 0.488. The van der Waals surface area contributed by atoms with Crippen LogP contribution in [0.3, 0.4) is 0 Å². The zero-order valence-electron chi connectivity index (χ0n) is 9.96. The molecule has 2 N–H and O–H groups in total. The predicted molar refractivity (Wildman–Crippen MR) is 59.9 cm³/mol. The molecule has 15 heavy (non-hydrogen) atoms. The van der Waals surface area contributed by atoms with Gasteiger partial charge < -0.3 is 4.84 Å². The highest BCUT2D eigenvalue weighted by atomic mass is 16.6. The van der Waals surface area contributed by atoms with Crippen LogP contribution in [0.5, 0.6) is 0 Å². The van der Waals surface area contributed by atoms with Crippen LogP contribution in [0.4, 0.5) is 0 Å². The van der Waals surface area contributed by atoms with E-state index in [1.807, 2.05) is 0 Å². The van der Waals surface area contributed by atoms with E-state index in [9.17, 15) is 0 Å². The van der Waals surface area contributed by atoms with Crippen LogP contribution in [0.25, 0.3) is 0 Å². The highest BCUT2D eigenvalue weighted by molar-refractivity contribution is 5.11. The van der Waals surface area contributed by atoms with Crippen LogP contribution in [0.1, 0.15) is 46.0 Å². The Labute approximate surface area is 92.5 Å². The van der Waals surface area contributed by atoms with Gasteiger partial charge in [-0.15, -0.1) is 0 Å². The maximum Gasteiger partial charge on any atom is 0.0738 e. The van der Waals surface area contributed by atoms with Crippen molar-refractivity contribution in [1.82, 2.24) is 0 Å². The van der Waals surface area contributed by atoms with Crippen molar-refractivity contribution in [2.24, 2.45) is 34.5 Å². The molecule has 0 aromatic heterocycles. The summed E-state index contributed by atoms with van der Waals surface area (Å²) in [6.07, 6.45) is 7.06. The molecule has 0 aromatic carbocycles. The van der Waals surface area contributed by atoms with Gasteiger partial charge in [0.25, 0.3) is 0 Å².